The zero-order chi connectivity index (χ0) is 19.1. The van der Waals surface area contributed by atoms with Gasteiger partial charge in [0.2, 0.25) is 0 Å². The van der Waals surface area contributed by atoms with E-state index in [-0.39, 0.29) is 24.0 Å². The molecule has 1 aromatic heterocycles. The van der Waals surface area contributed by atoms with Crippen LogP contribution >= 0.6 is 24.0 Å². The van der Waals surface area contributed by atoms with Gasteiger partial charge in [-0.3, -0.25) is 9.89 Å². The first-order valence-electron chi connectivity index (χ1n) is 9.85. The fourth-order valence-electron chi connectivity index (χ4n) is 3.33. The fourth-order valence-corrected chi connectivity index (χ4v) is 3.33. The first-order chi connectivity index (χ1) is 13.2. The van der Waals surface area contributed by atoms with Gasteiger partial charge in [0.05, 0.1) is 12.2 Å². The van der Waals surface area contributed by atoms with Gasteiger partial charge in [0.1, 0.15) is 0 Å². The molecule has 0 radical (unpaired) electrons. The van der Waals surface area contributed by atoms with Crippen molar-refractivity contribution in [1.29, 1.82) is 0 Å². The van der Waals surface area contributed by atoms with Crippen LogP contribution in [0.5, 0.6) is 0 Å². The number of hydrogen-bond donors (Lipinski definition) is 2. The summed E-state index contributed by atoms with van der Waals surface area (Å²) in [6, 6.07) is 10.8. The Hall–Kier alpha value is -1.61. The summed E-state index contributed by atoms with van der Waals surface area (Å²) in [5.41, 5.74) is 3.96. The number of nitrogens with one attached hydrogen (secondary N) is 2. The normalized spacial score (nSPS) is 14.5. The van der Waals surface area contributed by atoms with E-state index in [2.05, 4.69) is 63.8 Å². The van der Waals surface area contributed by atoms with E-state index >= 15 is 0 Å². The largest absolute Gasteiger partial charge is 0.359 e. The van der Waals surface area contributed by atoms with Crippen LogP contribution in [0.4, 0.5) is 0 Å². The van der Waals surface area contributed by atoms with Crippen LogP contribution in [0.2, 0.25) is 0 Å². The Labute approximate surface area is 185 Å². The third-order valence-corrected chi connectivity index (χ3v) is 4.98. The molecule has 7 heteroatoms. The summed E-state index contributed by atoms with van der Waals surface area (Å²) in [6.07, 6.45) is 2.24. The number of aromatic nitrogens is 1. The molecule has 0 bridgehead atoms. The molecule has 0 fully saturated rings. The average molecular weight is 497 g/mol. The Kier molecular flexibility index (Phi) is 9.24. The van der Waals surface area contributed by atoms with E-state index in [9.17, 15) is 0 Å². The van der Waals surface area contributed by atoms with Crippen molar-refractivity contribution in [2.45, 2.75) is 45.7 Å². The van der Waals surface area contributed by atoms with Gasteiger partial charge in [-0.15, -0.1) is 24.0 Å². The van der Waals surface area contributed by atoms with Crippen molar-refractivity contribution >= 4 is 29.9 Å². The number of rotatable bonds is 7. The molecule has 6 nitrogen and oxygen atoms in total. The zero-order valence-electron chi connectivity index (χ0n) is 17.1. The number of halogens is 1. The lowest BCUT2D eigenvalue weighted by atomic mass is 10.00. The van der Waals surface area contributed by atoms with Crippen LogP contribution in [-0.4, -0.2) is 42.7 Å². The SMILES string of the molecule is CN=C(NCCCN1CCc2ccccc2C1)NCc1cc(C(C)C)no1.I. The monoisotopic (exact) mass is 497 g/mol. The van der Waals surface area contributed by atoms with Gasteiger partial charge in [0.15, 0.2) is 11.7 Å². The molecule has 2 heterocycles. The fraction of sp³-hybridized carbons (Fsp3) is 0.524. The Morgan fingerprint density at radius 3 is 2.75 bits per heavy atom. The molecule has 0 aliphatic carbocycles. The number of benzene rings is 1. The molecule has 0 unspecified atom stereocenters. The third-order valence-electron chi connectivity index (χ3n) is 4.98. The summed E-state index contributed by atoms with van der Waals surface area (Å²) in [5, 5.41) is 10.7. The maximum Gasteiger partial charge on any atom is 0.191 e. The van der Waals surface area contributed by atoms with Crippen LogP contribution in [0.15, 0.2) is 39.8 Å². The van der Waals surface area contributed by atoms with E-state index < -0.39 is 0 Å². The third kappa shape index (κ3) is 6.48. The van der Waals surface area contributed by atoms with Gasteiger partial charge in [-0.25, -0.2) is 0 Å². The molecule has 0 atom stereocenters. The molecule has 154 valence electrons. The lowest BCUT2D eigenvalue weighted by molar-refractivity contribution is 0.251. The molecule has 28 heavy (non-hydrogen) atoms. The lowest BCUT2D eigenvalue weighted by Crippen LogP contribution is -2.39. The quantitative estimate of drug-likeness (QED) is 0.265. The van der Waals surface area contributed by atoms with Gasteiger partial charge in [0, 0.05) is 39.3 Å². The summed E-state index contributed by atoms with van der Waals surface area (Å²) < 4.78 is 5.35. The summed E-state index contributed by atoms with van der Waals surface area (Å²) in [6.45, 7) is 9.00. The Morgan fingerprint density at radius 2 is 2.04 bits per heavy atom. The maximum atomic E-state index is 5.35. The molecule has 0 saturated heterocycles. The van der Waals surface area contributed by atoms with Crippen molar-refractivity contribution in [3.63, 3.8) is 0 Å². The van der Waals surface area contributed by atoms with Crippen LogP contribution < -0.4 is 10.6 Å². The van der Waals surface area contributed by atoms with Crippen molar-refractivity contribution < 1.29 is 4.52 Å². The summed E-state index contributed by atoms with van der Waals surface area (Å²) in [4.78, 5) is 6.81. The van der Waals surface area contributed by atoms with Crippen molar-refractivity contribution in [2.24, 2.45) is 4.99 Å². The summed E-state index contributed by atoms with van der Waals surface area (Å²) in [7, 11) is 1.79. The van der Waals surface area contributed by atoms with Gasteiger partial charge in [-0.05, 0) is 29.9 Å². The predicted octanol–water partition coefficient (Wildman–Crippen LogP) is 3.53. The minimum atomic E-state index is 0. The first kappa shape index (κ1) is 22.7. The number of hydrogen-bond acceptors (Lipinski definition) is 4. The molecule has 1 aromatic carbocycles. The van der Waals surface area contributed by atoms with E-state index in [1.165, 1.54) is 11.1 Å². The summed E-state index contributed by atoms with van der Waals surface area (Å²) in [5.74, 6) is 2.00. The van der Waals surface area contributed by atoms with Crippen LogP contribution in [0.1, 0.15) is 48.8 Å². The highest BCUT2D eigenvalue weighted by Crippen LogP contribution is 2.18. The van der Waals surface area contributed by atoms with E-state index in [0.717, 1.165) is 56.4 Å². The molecule has 2 aromatic rings. The van der Waals surface area contributed by atoms with Crippen LogP contribution in [0.25, 0.3) is 0 Å². The van der Waals surface area contributed by atoms with Crippen molar-refractivity contribution in [1.82, 2.24) is 20.7 Å². The van der Waals surface area contributed by atoms with Gasteiger partial charge in [0.25, 0.3) is 0 Å². The molecule has 1 aliphatic heterocycles. The number of nitrogens with zero attached hydrogens (tertiary/aromatic N) is 3. The van der Waals surface area contributed by atoms with Gasteiger partial charge in [-0.2, -0.15) is 0 Å². The zero-order valence-corrected chi connectivity index (χ0v) is 19.4. The Balaban J connectivity index is 0.00000280. The summed E-state index contributed by atoms with van der Waals surface area (Å²) >= 11 is 0. The van der Waals surface area contributed by atoms with Crippen molar-refractivity contribution in [3.05, 3.63) is 52.9 Å². The van der Waals surface area contributed by atoms with E-state index in [1.807, 2.05) is 6.07 Å². The van der Waals surface area contributed by atoms with E-state index in [0.29, 0.717) is 12.5 Å². The minimum absolute atomic E-state index is 0. The van der Waals surface area contributed by atoms with Gasteiger partial charge >= 0.3 is 0 Å². The molecule has 0 amide bonds. The number of aliphatic imine (C=N–C) groups is 1. The average Bonchev–Trinajstić information content (AvgIpc) is 3.17. The first-order valence-corrected chi connectivity index (χ1v) is 9.85. The number of guanidine groups is 1. The second-order valence-electron chi connectivity index (χ2n) is 7.37. The van der Waals surface area contributed by atoms with E-state index in [1.54, 1.807) is 7.05 Å². The standard InChI is InChI=1S/C21H31N5O.HI/c1-16(2)20-13-19(27-25-20)14-24-21(22-3)23-10-6-11-26-12-9-17-7-4-5-8-18(17)15-26;/h4-5,7-8,13,16H,6,9-12,14-15H2,1-3H3,(H2,22,23,24);1H. The Bertz CT molecular complexity index is 759. The molecular weight excluding hydrogens is 465 g/mol. The van der Waals surface area contributed by atoms with Crippen LogP contribution in [0, 0.1) is 0 Å². The number of fused-ring (bicyclic) bond motifs is 1. The predicted molar refractivity (Wildman–Crippen MR) is 124 cm³/mol. The van der Waals surface area contributed by atoms with E-state index in [4.69, 9.17) is 4.52 Å². The molecule has 1 aliphatic rings. The van der Waals surface area contributed by atoms with Gasteiger partial charge in [-0.1, -0.05) is 43.3 Å². The minimum Gasteiger partial charge on any atom is -0.359 e. The Morgan fingerprint density at radius 1 is 1.25 bits per heavy atom. The van der Waals surface area contributed by atoms with Crippen LogP contribution in [-0.2, 0) is 19.5 Å². The highest BCUT2D eigenvalue weighted by Gasteiger charge is 2.15. The van der Waals surface area contributed by atoms with Crippen molar-refractivity contribution in [3.8, 4) is 0 Å². The lowest BCUT2D eigenvalue weighted by Gasteiger charge is -2.28. The second-order valence-corrected chi connectivity index (χ2v) is 7.37. The highest BCUT2D eigenvalue weighted by atomic mass is 127. The second kappa shape index (κ2) is 11.4. The molecular formula is C21H32IN5O. The maximum absolute atomic E-state index is 5.35. The topological polar surface area (TPSA) is 65.7 Å². The molecule has 3 rings (SSSR count). The smallest absolute Gasteiger partial charge is 0.191 e. The van der Waals surface area contributed by atoms with Gasteiger partial charge < -0.3 is 15.2 Å². The highest BCUT2D eigenvalue weighted by molar-refractivity contribution is 14.0. The molecule has 0 spiro atoms. The van der Waals surface area contributed by atoms with Crippen molar-refractivity contribution in [2.75, 3.05) is 26.7 Å². The molecule has 2 N–H and O–H groups in total. The van der Waals surface area contributed by atoms with Crippen LogP contribution in [0.3, 0.4) is 0 Å². The molecule has 0 saturated carbocycles.